The number of aliphatic hydroxyl groups excluding tert-OH is 1. The van der Waals surface area contributed by atoms with Gasteiger partial charge in [0.05, 0.1) is 5.60 Å². The van der Waals surface area contributed by atoms with Gasteiger partial charge in [-0.1, -0.05) is 25.3 Å². The lowest BCUT2D eigenvalue weighted by atomic mass is 9.78. The molecule has 17 heavy (non-hydrogen) atoms. The van der Waals surface area contributed by atoms with Gasteiger partial charge >= 0.3 is 0 Å². The van der Waals surface area contributed by atoms with Crippen LogP contribution in [0.5, 0.6) is 0 Å². The zero-order chi connectivity index (χ0) is 12.5. The second-order valence-electron chi connectivity index (χ2n) is 4.73. The first-order valence-electron chi connectivity index (χ1n) is 5.88. The predicted octanol–water partition coefficient (Wildman–Crippen LogP) is 2.69. The lowest BCUT2D eigenvalue weighted by Gasteiger charge is -2.36. The fraction of sp³-hybridized carbons (Fsp3) is 0.538. The molecule has 4 heteroatoms. The molecular formula is C13H16F2O2. The Labute approximate surface area is 98.9 Å². The Hall–Kier alpha value is -1.00. The van der Waals surface area contributed by atoms with Crippen LogP contribution in [-0.4, -0.2) is 15.8 Å². The van der Waals surface area contributed by atoms with Gasteiger partial charge in [-0.05, 0) is 18.9 Å². The van der Waals surface area contributed by atoms with Crippen LogP contribution in [0.2, 0.25) is 0 Å². The molecule has 0 saturated heterocycles. The van der Waals surface area contributed by atoms with E-state index in [4.69, 9.17) is 0 Å². The third kappa shape index (κ3) is 2.48. The molecule has 94 valence electrons. The van der Waals surface area contributed by atoms with E-state index in [1.807, 2.05) is 0 Å². The molecule has 0 amide bonds. The molecule has 1 saturated carbocycles. The molecule has 0 spiro atoms. The van der Waals surface area contributed by atoms with E-state index in [1.54, 1.807) is 0 Å². The van der Waals surface area contributed by atoms with Crippen molar-refractivity contribution in [1.29, 1.82) is 0 Å². The van der Waals surface area contributed by atoms with Crippen molar-refractivity contribution < 1.29 is 19.0 Å². The summed E-state index contributed by atoms with van der Waals surface area (Å²) in [7, 11) is 0. The quantitative estimate of drug-likeness (QED) is 0.837. The van der Waals surface area contributed by atoms with Crippen molar-refractivity contribution in [2.24, 2.45) is 0 Å². The van der Waals surface area contributed by atoms with Crippen molar-refractivity contribution in [2.45, 2.75) is 43.8 Å². The number of hydrogen-bond acceptors (Lipinski definition) is 2. The number of benzene rings is 1. The minimum Gasteiger partial charge on any atom is -0.387 e. The van der Waals surface area contributed by atoms with Crippen LogP contribution in [0.4, 0.5) is 8.78 Å². The fourth-order valence-electron chi connectivity index (χ4n) is 2.45. The van der Waals surface area contributed by atoms with Crippen LogP contribution in [0, 0.1) is 11.6 Å². The largest absolute Gasteiger partial charge is 0.387 e. The lowest BCUT2D eigenvalue weighted by Crippen LogP contribution is -2.38. The van der Waals surface area contributed by atoms with E-state index in [1.165, 1.54) is 6.07 Å². The minimum atomic E-state index is -1.29. The van der Waals surface area contributed by atoms with Crippen molar-refractivity contribution in [3.05, 3.63) is 35.4 Å². The van der Waals surface area contributed by atoms with Gasteiger partial charge in [0.15, 0.2) is 0 Å². The first kappa shape index (κ1) is 12.5. The van der Waals surface area contributed by atoms with Gasteiger partial charge in [-0.3, -0.25) is 0 Å². The predicted molar refractivity (Wildman–Crippen MR) is 59.4 cm³/mol. The Morgan fingerprint density at radius 1 is 1.12 bits per heavy atom. The molecular weight excluding hydrogens is 226 g/mol. The number of rotatable bonds is 2. The van der Waals surface area contributed by atoms with Gasteiger partial charge in [0.25, 0.3) is 0 Å². The van der Waals surface area contributed by atoms with Gasteiger partial charge < -0.3 is 10.2 Å². The van der Waals surface area contributed by atoms with Gasteiger partial charge in [-0.25, -0.2) is 8.78 Å². The van der Waals surface area contributed by atoms with Crippen molar-refractivity contribution in [3.63, 3.8) is 0 Å². The first-order valence-corrected chi connectivity index (χ1v) is 5.88. The zero-order valence-electron chi connectivity index (χ0n) is 9.50. The zero-order valence-corrected chi connectivity index (χ0v) is 9.50. The van der Waals surface area contributed by atoms with Gasteiger partial charge in [0.2, 0.25) is 0 Å². The van der Waals surface area contributed by atoms with E-state index < -0.39 is 23.3 Å². The van der Waals surface area contributed by atoms with Crippen LogP contribution in [-0.2, 0) is 0 Å². The van der Waals surface area contributed by atoms with E-state index in [-0.39, 0.29) is 5.56 Å². The summed E-state index contributed by atoms with van der Waals surface area (Å²) in [5, 5.41) is 20.3. The molecule has 0 aromatic heterocycles. The maximum Gasteiger partial charge on any atom is 0.132 e. The van der Waals surface area contributed by atoms with E-state index in [9.17, 15) is 19.0 Å². The summed E-state index contributed by atoms with van der Waals surface area (Å²) in [6.07, 6.45) is 2.26. The molecule has 1 aliphatic carbocycles. The molecule has 2 rings (SSSR count). The Balaban J connectivity index is 2.26. The molecule has 1 aliphatic rings. The standard InChI is InChI=1S/C13H16F2O2/c14-9-4-5-10(11(15)8-9)12(16)13(17)6-2-1-3-7-13/h4-5,8,12,16-17H,1-3,6-7H2. The topological polar surface area (TPSA) is 40.5 Å². The van der Waals surface area contributed by atoms with Crippen LogP contribution in [0.1, 0.15) is 43.8 Å². The van der Waals surface area contributed by atoms with Gasteiger partial charge in [-0.2, -0.15) is 0 Å². The average molecular weight is 242 g/mol. The first-order chi connectivity index (χ1) is 8.03. The van der Waals surface area contributed by atoms with Crippen molar-refractivity contribution in [3.8, 4) is 0 Å². The number of halogens is 2. The Morgan fingerprint density at radius 2 is 1.76 bits per heavy atom. The van der Waals surface area contributed by atoms with E-state index >= 15 is 0 Å². The highest BCUT2D eigenvalue weighted by molar-refractivity contribution is 5.23. The molecule has 0 heterocycles. The van der Waals surface area contributed by atoms with Crippen molar-refractivity contribution in [1.82, 2.24) is 0 Å². The third-order valence-corrected chi connectivity index (χ3v) is 3.49. The summed E-state index contributed by atoms with van der Waals surface area (Å²) < 4.78 is 26.3. The molecule has 1 unspecified atom stereocenters. The Kier molecular flexibility index (Phi) is 3.45. The van der Waals surface area contributed by atoms with E-state index in [2.05, 4.69) is 0 Å². The van der Waals surface area contributed by atoms with Gasteiger partial charge in [0, 0.05) is 11.6 Å². The van der Waals surface area contributed by atoms with Gasteiger partial charge in [-0.15, -0.1) is 0 Å². The molecule has 1 fully saturated rings. The second-order valence-corrected chi connectivity index (χ2v) is 4.73. The van der Waals surface area contributed by atoms with E-state index in [0.29, 0.717) is 12.8 Å². The van der Waals surface area contributed by atoms with Crippen LogP contribution in [0.3, 0.4) is 0 Å². The SMILES string of the molecule is OC(c1ccc(F)cc1F)C1(O)CCCCC1. The molecule has 1 aromatic carbocycles. The lowest BCUT2D eigenvalue weighted by molar-refractivity contribution is -0.100. The normalized spacial score (nSPS) is 21.2. The highest BCUT2D eigenvalue weighted by Crippen LogP contribution is 2.39. The summed E-state index contributed by atoms with van der Waals surface area (Å²) in [5.74, 6) is -1.49. The highest BCUT2D eigenvalue weighted by atomic mass is 19.1. The maximum atomic E-state index is 13.5. The summed E-state index contributed by atoms with van der Waals surface area (Å²) in [4.78, 5) is 0. The monoisotopic (exact) mass is 242 g/mol. The van der Waals surface area contributed by atoms with Crippen LogP contribution >= 0.6 is 0 Å². The average Bonchev–Trinajstić information content (AvgIpc) is 2.29. The summed E-state index contributed by atoms with van der Waals surface area (Å²) in [6.45, 7) is 0. The number of aliphatic hydroxyl groups is 2. The van der Waals surface area contributed by atoms with Crippen LogP contribution in [0.15, 0.2) is 18.2 Å². The van der Waals surface area contributed by atoms with Gasteiger partial charge in [0.1, 0.15) is 17.7 Å². The third-order valence-electron chi connectivity index (χ3n) is 3.49. The Morgan fingerprint density at radius 3 is 2.35 bits per heavy atom. The molecule has 1 aromatic rings. The molecule has 0 aliphatic heterocycles. The summed E-state index contributed by atoms with van der Waals surface area (Å²) in [6, 6.07) is 3.01. The number of hydrogen-bond donors (Lipinski definition) is 2. The molecule has 2 nitrogen and oxygen atoms in total. The smallest absolute Gasteiger partial charge is 0.132 e. The second kappa shape index (κ2) is 4.70. The molecule has 0 radical (unpaired) electrons. The minimum absolute atomic E-state index is 0.0317. The molecule has 2 N–H and O–H groups in total. The van der Waals surface area contributed by atoms with Crippen molar-refractivity contribution in [2.75, 3.05) is 0 Å². The summed E-state index contributed by atoms with van der Waals surface area (Å²) in [5.41, 5.74) is -1.31. The van der Waals surface area contributed by atoms with Crippen molar-refractivity contribution >= 4 is 0 Å². The maximum absolute atomic E-state index is 13.5. The Bertz CT molecular complexity index is 400. The van der Waals surface area contributed by atoms with Crippen LogP contribution < -0.4 is 0 Å². The summed E-state index contributed by atoms with van der Waals surface area (Å²) >= 11 is 0. The van der Waals surface area contributed by atoms with Crippen LogP contribution in [0.25, 0.3) is 0 Å². The van der Waals surface area contributed by atoms with E-state index in [0.717, 1.165) is 31.4 Å². The molecule has 1 atom stereocenters. The highest BCUT2D eigenvalue weighted by Gasteiger charge is 2.38. The molecule has 0 bridgehead atoms. The fourth-order valence-corrected chi connectivity index (χ4v) is 2.45.